The van der Waals surface area contributed by atoms with Gasteiger partial charge in [-0.25, -0.2) is 12.7 Å². The van der Waals surface area contributed by atoms with Gasteiger partial charge in [-0.15, -0.1) is 0 Å². The van der Waals surface area contributed by atoms with Gasteiger partial charge >= 0.3 is 5.97 Å². The second kappa shape index (κ2) is 5.79. The molecule has 0 aromatic heterocycles. The number of sulfonamides is 1. The number of aliphatic carboxylic acids is 1. The summed E-state index contributed by atoms with van der Waals surface area (Å²) < 4.78 is 26.8. The molecule has 0 bridgehead atoms. The Hall–Kier alpha value is -0.620. The molecule has 2 aliphatic carbocycles. The molecule has 1 N–H and O–H groups in total. The van der Waals surface area contributed by atoms with Crippen LogP contribution in [-0.2, 0) is 14.8 Å². The smallest absolute Gasteiger partial charge is 0.307 e. The van der Waals surface area contributed by atoms with Crippen LogP contribution < -0.4 is 0 Å². The largest absolute Gasteiger partial charge is 0.481 e. The zero-order chi connectivity index (χ0) is 14.0. The van der Waals surface area contributed by atoms with E-state index in [4.69, 9.17) is 5.11 Å². The molecule has 0 aromatic rings. The summed E-state index contributed by atoms with van der Waals surface area (Å²) in [6.45, 7) is 2.85. The van der Waals surface area contributed by atoms with E-state index in [9.17, 15) is 13.2 Å². The Morgan fingerprint density at radius 1 is 1.21 bits per heavy atom. The predicted octanol–water partition coefficient (Wildman–Crippen LogP) is 1.69. The molecule has 19 heavy (non-hydrogen) atoms. The van der Waals surface area contributed by atoms with Crippen LogP contribution in [0.3, 0.4) is 0 Å². The van der Waals surface area contributed by atoms with E-state index in [2.05, 4.69) is 0 Å². The average Bonchev–Trinajstić information content (AvgIpc) is 2.76. The summed E-state index contributed by atoms with van der Waals surface area (Å²) in [5, 5.41) is 8.44. The fraction of sp³-hybridized carbons (Fsp3) is 0.923. The van der Waals surface area contributed by atoms with Crippen LogP contribution in [0.15, 0.2) is 0 Å². The Morgan fingerprint density at radius 2 is 1.84 bits per heavy atom. The highest BCUT2D eigenvalue weighted by atomic mass is 32.2. The molecule has 2 aliphatic rings. The van der Waals surface area contributed by atoms with Crippen molar-refractivity contribution in [3.8, 4) is 0 Å². The highest BCUT2D eigenvalue weighted by Gasteiger charge is 2.44. The third-order valence-corrected chi connectivity index (χ3v) is 7.01. The van der Waals surface area contributed by atoms with E-state index >= 15 is 0 Å². The van der Waals surface area contributed by atoms with Crippen LogP contribution in [-0.4, -0.2) is 42.1 Å². The van der Waals surface area contributed by atoms with Crippen molar-refractivity contribution in [3.63, 3.8) is 0 Å². The molecule has 0 amide bonds. The molecular weight excluding hydrogens is 266 g/mol. The maximum Gasteiger partial charge on any atom is 0.307 e. The summed E-state index contributed by atoms with van der Waals surface area (Å²) in [4.78, 5) is 11.2. The molecule has 0 radical (unpaired) electrons. The molecule has 2 fully saturated rings. The summed E-state index contributed by atoms with van der Waals surface area (Å²) in [6.07, 6.45) is 5.05. The molecule has 2 rings (SSSR count). The van der Waals surface area contributed by atoms with Crippen molar-refractivity contribution in [2.45, 2.75) is 50.7 Å². The van der Waals surface area contributed by atoms with Crippen molar-refractivity contribution in [2.24, 2.45) is 11.8 Å². The molecule has 2 saturated carbocycles. The SMILES string of the molecule is CCN(CC1CCC1)S(=O)(=O)C1CCCC1C(=O)O. The Morgan fingerprint density at radius 3 is 2.32 bits per heavy atom. The van der Waals surface area contributed by atoms with Gasteiger partial charge in [0.2, 0.25) is 10.0 Å². The predicted molar refractivity (Wildman–Crippen MR) is 72.3 cm³/mol. The zero-order valence-electron chi connectivity index (χ0n) is 11.4. The molecule has 0 saturated heterocycles. The normalized spacial score (nSPS) is 28.5. The van der Waals surface area contributed by atoms with Crippen LogP contribution in [0.5, 0.6) is 0 Å². The highest BCUT2D eigenvalue weighted by Crippen LogP contribution is 2.35. The lowest BCUT2D eigenvalue weighted by atomic mass is 9.85. The highest BCUT2D eigenvalue weighted by molar-refractivity contribution is 7.89. The molecule has 0 aliphatic heterocycles. The zero-order valence-corrected chi connectivity index (χ0v) is 12.2. The number of rotatable bonds is 6. The van der Waals surface area contributed by atoms with Crippen molar-refractivity contribution in [2.75, 3.05) is 13.1 Å². The van der Waals surface area contributed by atoms with Crippen LogP contribution in [0.2, 0.25) is 0 Å². The molecule has 5 nitrogen and oxygen atoms in total. The number of carboxylic acid groups (broad SMARTS) is 1. The minimum atomic E-state index is -3.46. The Kier molecular flexibility index (Phi) is 4.50. The standard InChI is InChI=1S/C13H23NO4S/c1-2-14(9-10-5-3-6-10)19(17,18)12-8-4-7-11(12)13(15)16/h10-12H,2-9H2,1H3,(H,15,16). The number of carboxylic acids is 1. The van der Waals surface area contributed by atoms with Gasteiger partial charge in [-0.3, -0.25) is 4.79 Å². The van der Waals surface area contributed by atoms with E-state index < -0.39 is 27.2 Å². The van der Waals surface area contributed by atoms with Crippen LogP contribution >= 0.6 is 0 Å². The van der Waals surface area contributed by atoms with E-state index in [1.165, 1.54) is 10.7 Å². The maximum atomic E-state index is 12.6. The van der Waals surface area contributed by atoms with Crippen molar-refractivity contribution >= 4 is 16.0 Å². The monoisotopic (exact) mass is 289 g/mol. The fourth-order valence-corrected chi connectivity index (χ4v) is 5.43. The third kappa shape index (κ3) is 2.94. The first-order chi connectivity index (χ1) is 8.96. The van der Waals surface area contributed by atoms with Gasteiger partial charge in [-0.1, -0.05) is 19.8 Å². The van der Waals surface area contributed by atoms with E-state index in [1.807, 2.05) is 6.92 Å². The first-order valence-corrected chi connectivity index (χ1v) is 8.69. The van der Waals surface area contributed by atoms with Gasteiger partial charge in [0.05, 0.1) is 11.2 Å². The summed E-state index contributed by atoms with van der Waals surface area (Å²) in [6, 6.07) is 0. The molecule has 6 heteroatoms. The molecule has 110 valence electrons. The van der Waals surface area contributed by atoms with E-state index in [0.717, 1.165) is 12.8 Å². The lowest BCUT2D eigenvalue weighted by Gasteiger charge is -2.33. The van der Waals surface area contributed by atoms with Crippen LogP contribution in [0.25, 0.3) is 0 Å². The number of carbonyl (C=O) groups is 1. The molecule has 2 unspecified atom stereocenters. The van der Waals surface area contributed by atoms with Crippen LogP contribution in [0, 0.1) is 11.8 Å². The Bertz CT molecular complexity index is 430. The first-order valence-electron chi connectivity index (χ1n) is 7.18. The van der Waals surface area contributed by atoms with Gasteiger partial charge in [-0.2, -0.15) is 0 Å². The van der Waals surface area contributed by atoms with Crippen molar-refractivity contribution in [1.29, 1.82) is 0 Å². The summed E-state index contributed by atoms with van der Waals surface area (Å²) in [5.41, 5.74) is 0. The summed E-state index contributed by atoms with van der Waals surface area (Å²) in [5.74, 6) is -1.22. The van der Waals surface area contributed by atoms with Crippen molar-refractivity contribution in [3.05, 3.63) is 0 Å². The average molecular weight is 289 g/mol. The number of hydrogen-bond acceptors (Lipinski definition) is 3. The lowest BCUT2D eigenvalue weighted by Crippen LogP contribution is -2.44. The van der Waals surface area contributed by atoms with E-state index in [0.29, 0.717) is 38.3 Å². The molecular formula is C13H23NO4S. The van der Waals surface area contributed by atoms with Gasteiger partial charge in [0.1, 0.15) is 0 Å². The van der Waals surface area contributed by atoms with Crippen LogP contribution in [0.4, 0.5) is 0 Å². The third-order valence-electron chi connectivity index (χ3n) is 4.55. The summed E-state index contributed by atoms with van der Waals surface area (Å²) >= 11 is 0. The molecule has 0 heterocycles. The first kappa shape index (κ1) is 14.8. The minimum absolute atomic E-state index is 0.446. The quantitative estimate of drug-likeness (QED) is 0.807. The molecule has 0 aromatic carbocycles. The Labute approximate surface area is 115 Å². The maximum absolute atomic E-state index is 12.6. The number of nitrogens with zero attached hydrogens (tertiary/aromatic N) is 1. The minimum Gasteiger partial charge on any atom is -0.481 e. The molecule has 0 spiro atoms. The van der Waals surface area contributed by atoms with Crippen LogP contribution in [0.1, 0.15) is 45.4 Å². The van der Waals surface area contributed by atoms with Crippen molar-refractivity contribution < 1.29 is 18.3 Å². The van der Waals surface area contributed by atoms with Crippen molar-refractivity contribution in [1.82, 2.24) is 4.31 Å². The topological polar surface area (TPSA) is 74.7 Å². The second-order valence-corrected chi connectivity index (χ2v) is 7.86. The number of hydrogen-bond donors (Lipinski definition) is 1. The second-order valence-electron chi connectivity index (χ2n) is 5.71. The van der Waals surface area contributed by atoms with Gasteiger partial charge < -0.3 is 5.11 Å². The van der Waals surface area contributed by atoms with Gasteiger partial charge in [0.15, 0.2) is 0 Å². The lowest BCUT2D eigenvalue weighted by molar-refractivity contribution is -0.141. The van der Waals surface area contributed by atoms with E-state index in [-0.39, 0.29) is 0 Å². The summed E-state index contributed by atoms with van der Waals surface area (Å²) in [7, 11) is -3.46. The molecule has 2 atom stereocenters. The fourth-order valence-electron chi connectivity index (χ4n) is 3.13. The van der Waals surface area contributed by atoms with E-state index in [1.54, 1.807) is 0 Å². The van der Waals surface area contributed by atoms with Gasteiger partial charge in [-0.05, 0) is 31.6 Å². The Balaban J connectivity index is 2.11. The van der Waals surface area contributed by atoms with Gasteiger partial charge in [0, 0.05) is 13.1 Å². The van der Waals surface area contributed by atoms with Gasteiger partial charge in [0.25, 0.3) is 0 Å².